The molecule has 0 aromatic heterocycles. The molecule has 7 nitrogen and oxygen atoms in total. The Bertz CT molecular complexity index is 644. The number of amides is 1. The molecule has 0 aliphatic carbocycles. The van der Waals surface area contributed by atoms with Crippen molar-refractivity contribution in [3.63, 3.8) is 0 Å². The fourth-order valence-electron chi connectivity index (χ4n) is 1.52. The summed E-state index contributed by atoms with van der Waals surface area (Å²) in [7, 11) is -3.96. The van der Waals surface area contributed by atoms with Crippen molar-refractivity contribution >= 4 is 33.5 Å². The Hall–Kier alpha value is -1.64. The summed E-state index contributed by atoms with van der Waals surface area (Å²) < 4.78 is 25.4. The quantitative estimate of drug-likeness (QED) is 0.793. The van der Waals surface area contributed by atoms with Crippen molar-refractivity contribution < 1.29 is 23.1 Å². The second kappa shape index (κ2) is 6.21. The molecule has 1 amide bonds. The Balaban J connectivity index is 3.25. The molecule has 0 aliphatic heterocycles. The lowest BCUT2D eigenvalue weighted by atomic mass is 10.2. The molecule has 0 aliphatic rings. The number of benzene rings is 1. The number of nitrogens with zero attached hydrogens (tertiary/aromatic N) is 1. The molecule has 1 aromatic rings. The highest BCUT2D eigenvalue weighted by Crippen LogP contribution is 2.23. The van der Waals surface area contributed by atoms with Gasteiger partial charge in [0.1, 0.15) is 0 Å². The first kappa shape index (κ1) is 16.4. The highest BCUT2D eigenvalue weighted by molar-refractivity contribution is 7.89. The van der Waals surface area contributed by atoms with Gasteiger partial charge in [-0.1, -0.05) is 18.5 Å². The van der Waals surface area contributed by atoms with Crippen LogP contribution in [-0.2, 0) is 14.8 Å². The van der Waals surface area contributed by atoms with Gasteiger partial charge in [0.2, 0.25) is 15.9 Å². The van der Waals surface area contributed by atoms with Gasteiger partial charge in [0.25, 0.3) is 0 Å². The molecule has 0 saturated carbocycles. The van der Waals surface area contributed by atoms with E-state index in [1.807, 2.05) is 0 Å². The lowest BCUT2D eigenvalue weighted by Crippen LogP contribution is -2.38. The van der Waals surface area contributed by atoms with E-state index in [4.69, 9.17) is 22.4 Å². The van der Waals surface area contributed by atoms with E-state index in [0.29, 0.717) is 0 Å². The van der Waals surface area contributed by atoms with E-state index >= 15 is 0 Å². The number of aromatic carboxylic acids is 1. The minimum Gasteiger partial charge on any atom is -0.478 e. The van der Waals surface area contributed by atoms with Crippen LogP contribution in [0, 0.1) is 0 Å². The molecule has 0 radical (unpaired) electrons. The molecule has 0 spiro atoms. The van der Waals surface area contributed by atoms with Crippen molar-refractivity contribution in [2.24, 2.45) is 5.73 Å². The standard InChI is InChI=1S/C11H13ClN2O5S/c1-2-14(6-10(13)15)20(18,19)7-3-4-8(11(16)17)9(12)5-7/h3-5H,2,6H2,1H3,(H2,13,15)(H,16,17). The number of halogens is 1. The fraction of sp³-hybridized carbons (Fsp3) is 0.273. The molecule has 110 valence electrons. The van der Waals surface area contributed by atoms with Gasteiger partial charge in [-0.25, -0.2) is 13.2 Å². The number of likely N-dealkylation sites (N-methyl/N-ethyl adjacent to an activating group) is 1. The predicted octanol–water partition coefficient (Wildman–Crippen LogP) is 0.534. The maximum absolute atomic E-state index is 12.2. The zero-order valence-corrected chi connectivity index (χ0v) is 12.1. The van der Waals surface area contributed by atoms with E-state index in [1.165, 1.54) is 0 Å². The normalized spacial score (nSPS) is 11.6. The summed E-state index contributed by atoms with van der Waals surface area (Å²) >= 11 is 5.73. The lowest BCUT2D eigenvalue weighted by Gasteiger charge is -2.19. The van der Waals surface area contributed by atoms with E-state index in [-0.39, 0.29) is 22.0 Å². The van der Waals surface area contributed by atoms with Gasteiger partial charge in [0.05, 0.1) is 22.0 Å². The Morgan fingerprint density at radius 3 is 2.40 bits per heavy atom. The first-order chi connectivity index (χ1) is 9.20. The first-order valence-corrected chi connectivity index (χ1v) is 7.33. The monoisotopic (exact) mass is 320 g/mol. The van der Waals surface area contributed by atoms with E-state index in [0.717, 1.165) is 22.5 Å². The summed E-state index contributed by atoms with van der Waals surface area (Å²) in [5.74, 6) is -2.05. The Morgan fingerprint density at radius 2 is 2.00 bits per heavy atom. The number of carboxylic acids is 1. The Kier molecular flexibility index (Phi) is 5.09. The van der Waals surface area contributed by atoms with Crippen LogP contribution in [0.15, 0.2) is 23.1 Å². The molecule has 0 atom stereocenters. The van der Waals surface area contributed by atoms with Crippen molar-refractivity contribution in [3.8, 4) is 0 Å². The number of sulfonamides is 1. The van der Waals surface area contributed by atoms with Crippen LogP contribution < -0.4 is 5.73 Å². The van der Waals surface area contributed by atoms with Gasteiger partial charge in [-0.3, -0.25) is 4.79 Å². The maximum atomic E-state index is 12.2. The summed E-state index contributed by atoms with van der Waals surface area (Å²) in [4.78, 5) is 21.5. The molecule has 1 rings (SSSR count). The number of nitrogens with two attached hydrogens (primary N) is 1. The minimum atomic E-state index is -3.96. The molecule has 9 heteroatoms. The number of carbonyl (C=O) groups is 2. The number of carbonyl (C=O) groups excluding carboxylic acids is 1. The summed E-state index contributed by atoms with van der Waals surface area (Å²) in [5.41, 5.74) is 4.78. The number of rotatable bonds is 6. The predicted molar refractivity (Wildman–Crippen MR) is 72.0 cm³/mol. The van der Waals surface area contributed by atoms with Gasteiger partial charge >= 0.3 is 5.97 Å². The van der Waals surface area contributed by atoms with Gasteiger partial charge < -0.3 is 10.8 Å². The molecule has 0 heterocycles. The number of carboxylic acid groups (broad SMARTS) is 1. The number of hydrogen-bond acceptors (Lipinski definition) is 4. The number of hydrogen-bond donors (Lipinski definition) is 2. The largest absolute Gasteiger partial charge is 0.478 e. The Morgan fingerprint density at radius 1 is 1.40 bits per heavy atom. The van der Waals surface area contributed by atoms with Crippen LogP contribution in [0.25, 0.3) is 0 Å². The van der Waals surface area contributed by atoms with Crippen molar-refractivity contribution in [2.45, 2.75) is 11.8 Å². The first-order valence-electron chi connectivity index (χ1n) is 5.51. The van der Waals surface area contributed by atoms with Crippen molar-refractivity contribution in [1.29, 1.82) is 0 Å². The van der Waals surface area contributed by atoms with Crippen molar-refractivity contribution in [3.05, 3.63) is 28.8 Å². The summed E-state index contributed by atoms with van der Waals surface area (Å²) in [6, 6.07) is 3.24. The lowest BCUT2D eigenvalue weighted by molar-refractivity contribution is -0.118. The third kappa shape index (κ3) is 3.47. The molecule has 0 fully saturated rings. The van der Waals surface area contributed by atoms with Crippen LogP contribution in [0.4, 0.5) is 0 Å². The van der Waals surface area contributed by atoms with Gasteiger partial charge in [0, 0.05) is 6.54 Å². The Labute approximate surface area is 121 Å². The van der Waals surface area contributed by atoms with E-state index in [9.17, 15) is 18.0 Å². The molecule has 0 unspecified atom stereocenters. The summed E-state index contributed by atoms with van der Waals surface area (Å²) in [6.45, 7) is 1.13. The maximum Gasteiger partial charge on any atom is 0.337 e. The zero-order valence-electron chi connectivity index (χ0n) is 10.5. The van der Waals surface area contributed by atoms with Gasteiger partial charge in [-0.15, -0.1) is 0 Å². The smallest absolute Gasteiger partial charge is 0.337 e. The molecular weight excluding hydrogens is 308 g/mol. The van der Waals surface area contributed by atoms with E-state index < -0.39 is 28.4 Å². The third-order valence-corrected chi connectivity index (χ3v) is 4.72. The summed E-state index contributed by atoms with van der Waals surface area (Å²) in [6.07, 6.45) is 0. The third-order valence-electron chi connectivity index (χ3n) is 2.49. The van der Waals surface area contributed by atoms with E-state index in [2.05, 4.69) is 0 Å². The summed E-state index contributed by atoms with van der Waals surface area (Å²) in [5, 5.41) is 8.63. The van der Waals surface area contributed by atoms with Gasteiger partial charge in [-0.2, -0.15) is 4.31 Å². The van der Waals surface area contributed by atoms with Crippen LogP contribution >= 0.6 is 11.6 Å². The molecule has 3 N–H and O–H groups in total. The topological polar surface area (TPSA) is 118 Å². The highest BCUT2D eigenvalue weighted by Gasteiger charge is 2.25. The second-order valence-electron chi connectivity index (χ2n) is 3.84. The highest BCUT2D eigenvalue weighted by atomic mass is 35.5. The zero-order chi connectivity index (χ0) is 15.5. The second-order valence-corrected chi connectivity index (χ2v) is 6.19. The van der Waals surface area contributed by atoms with Crippen LogP contribution in [0.3, 0.4) is 0 Å². The van der Waals surface area contributed by atoms with Crippen molar-refractivity contribution in [2.75, 3.05) is 13.1 Å². The molecule has 0 saturated heterocycles. The molecule has 0 bridgehead atoms. The van der Waals surface area contributed by atoms with E-state index in [1.54, 1.807) is 6.92 Å². The molecular formula is C11H13ClN2O5S. The van der Waals surface area contributed by atoms with Crippen LogP contribution in [-0.4, -0.2) is 42.8 Å². The van der Waals surface area contributed by atoms with Crippen LogP contribution in [0.5, 0.6) is 0 Å². The molecule has 1 aromatic carbocycles. The average Bonchev–Trinajstić information content (AvgIpc) is 2.34. The molecule has 20 heavy (non-hydrogen) atoms. The van der Waals surface area contributed by atoms with Crippen LogP contribution in [0.1, 0.15) is 17.3 Å². The van der Waals surface area contributed by atoms with Gasteiger partial charge in [0.15, 0.2) is 0 Å². The fourth-order valence-corrected chi connectivity index (χ4v) is 3.29. The van der Waals surface area contributed by atoms with Crippen molar-refractivity contribution in [1.82, 2.24) is 4.31 Å². The average molecular weight is 321 g/mol. The number of primary amides is 1. The van der Waals surface area contributed by atoms with Crippen LogP contribution in [0.2, 0.25) is 5.02 Å². The van der Waals surface area contributed by atoms with Gasteiger partial charge in [-0.05, 0) is 18.2 Å². The minimum absolute atomic E-state index is 0.0452. The SMILES string of the molecule is CCN(CC(N)=O)S(=O)(=O)c1ccc(C(=O)O)c(Cl)c1.